The summed E-state index contributed by atoms with van der Waals surface area (Å²) in [5.74, 6) is -0.608. The normalized spacial score (nSPS) is 12.9. The number of carbonyl (C=O) groups is 2. The molecule has 0 aromatic heterocycles. The molecule has 1 N–H and O–H groups in total. The molecule has 0 saturated carbocycles. The molecule has 30 heavy (non-hydrogen) atoms. The van der Waals surface area contributed by atoms with E-state index >= 15 is 0 Å². The summed E-state index contributed by atoms with van der Waals surface area (Å²) in [7, 11) is -4.75. The van der Waals surface area contributed by atoms with Crippen LogP contribution < -0.4 is 0 Å². The summed E-state index contributed by atoms with van der Waals surface area (Å²) >= 11 is 0. The van der Waals surface area contributed by atoms with Gasteiger partial charge in [0.05, 0.1) is 19.6 Å². The molecule has 1 unspecified atom stereocenters. The van der Waals surface area contributed by atoms with Crippen LogP contribution in [0, 0.1) is 11.8 Å². The molecule has 0 fully saturated rings. The van der Waals surface area contributed by atoms with Gasteiger partial charge < -0.3 is 9.47 Å². The van der Waals surface area contributed by atoms with Gasteiger partial charge in [0.25, 0.3) is 10.1 Å². The third-order valence-electron chi connectivity index (χ3n) is 4.83. The Labute approximate surface area is 183 Å². The first kappa shape index (κ1) is 28.9. The molecule has 0 aliphatic rings. The molecule has 0 saturated heterocycles. The molecule has 0 spiro atoms. The van der Waals surface area contributed by atoms with E-state index in [1.54, 1.807) is 0 Å². The van der Waals surface area contributed by atoms with Crippen LogP contribution in [0.5, 0.6) is 0 Å². The first-order chi connectivity index (χ1) is 14.0. The fraction of sp³-hybridized carbons (Fsp3) is 0.909. The Morgan fingerprint density at radius 1 is 0.733 bits per heavy atom. The molecule has 0 aliphatic carbocycles. The third kappa shape index (κ3) is 16.6. The molecular weight excluding hydrogens is 408 g/mol. The van der Waals surface area contributed by atoms with E-state index in [2.05, 4.69) is 27.7 Å². The topological polar surface area (TPSA) is 107 Å². The predicted octanol–water partition coefficient (Wildman–Crippen LogP) is 4.93. The van der Waals surface area contributed by atoms with Crippen molar-refractivity contribution >= 4 is 22.1 Å². The molecule has 0 aromatic rings. The molecule has 0 aromatic carbocycles. The number of esters is 2. The van der Waals surface area contributed by atoms with Crippen molar-refractivity contribution in [2.24, 2.45) is 11.8 Å². The maximum absolute atomic E-state index is 12.0. The van der Waals surface area contributed by atoms with Crippen LogP contribution in [0.2, 0.25) is 0 Å². The average molecular weight is 451 g/mol. The average Bonchev–Trinajstić information content (AvgIpc) is 2.62. The maximum atomic E-state index is 12.0. The minimum atomic E-state index is -4.75. The van der Waals surface area contributed by atoms with Crippen molar-refractivity contribution in [2.75, 3.05) is 13.2 Å². The van der Waals surface area contributed by atoms with E-state index in [-0.39, 0.29) is 13.2 Å². The van der Waals surface area contributed by atoms with Gasteiger partial charge in [-0.1, -0.05) is 79.1 Å². The molecular formula is C22H42O7S. The molecule has 0 heterocycles. The van der Waals surface area contributed by atoms with Gasteiger partial charge in [0.2, 0.25) is 0 Å². The standard InChI is InChI=1S/C22H42O7S/c1-18(2)13-9-5-7-11-15-28-21(23)17-20(30(25,26)27)22(24)29-16-12-8-6-10-14-19(3)4/h18-20H,5-17H2,1-4H3,(H,25,26,27). The van der Waals surface area contributed by atoms with Crippen molar-refractivity contribution in [3.8, 4) is 0 Å². The van der Waals surface area contributed by atoms with E-state index in [0.717, 1.165) is 51.4 Å². The van der Waals surface area contributed by atoms with E-state index in [4.69, 9.17) is 9.47 Å². The lowest BCUT2D eigenvalue weighted by Gasteiger charge is -2.13. The first-order valence-corrected chi connectivity index (χ1v) is 12.8. The van der Waals surface area contributed by atoms with Gasteiger partial charge in [-0.25, -0.2) is 0 Å². The van der Waals surface area contributed by atoms with Gasteiger partial charge in [-0.15, -0.1) is 0 Å². The zero-order valence-electron chi connectivity index (χ0n) is 19.2. The fourth-order valence-corrected chi connectivity index (χ4v) is 3.65. The lowest BCUT2D eigenvalue weighted by molar-refractivity contribution is -0.150. The first-order valence-electron chi connectivity index (χ1n) is 11.3. The lowest BCUT2D eigenvalue weighted by Crippen LogP contribution is -2.34. The second kappa shape index (κ2) is 16.5. The van der Waals surface area contributed by atoms with Crippen molar-refractivity contribution in [2.45, 2.75) is 104 Å². The Balaban J connectivity index is 4.14. The minimum Gasteiger partial charge on any atom is -0.466 e. The van der Waals surface area contributed by atoms with Crippen LogP contribution in [0.4, 0.5) is 0 Å². The van der Waals surface area contributed by atoms with Crippen LogP contribution in [0.15, 0.2) is 0 Å². The number of hydrogen-bond donors (Lipinski definition) is 1. The van der Waals surface area contributed by atoms with Crippen LogP contribution in [-0.4, -0.2) is 43.4 Å². The van der Waals surface area contributed by atoms with Gasteiger partial charge in [-0.3, -0.25) is 14.1 Å². The predicted molar refractivity (Wildman–Crippen MR) is 118 cm³/mol. The molecule has 7 nitrogen and oxygen atoms in total. The Morgan fingerprint density at radius 2 is 1.17 bits per heavy atom. The maximum Gasteiger partial charge on any atom is 0.327 e. The number of carbonyl (C=O) groups excluding carboxylic acids is 2. The highest BCUT2D eigenvalue weighted by Crippen LogP contribution is 2.13. The Morgan fingerprint density at radius 3 is 1.60 bits per heavy atom. The van der Waals surface area contributed by atoms with Gasteiger partial charge in [-0.2, -0.15) is 8.42 Å². The van der Waals surface area contributed by atoms with Gasteiger partial charge >= 0.3 is 11.9 Å². The van der Waals surface area contributed by atoms with E-state index in [1.807, 2.05) is 0 Å². The molecule has 8 heteroatoms. The molecule has 1 atom stereocenters. The van der Waals surface area contributed by atoms with Gasteiger partial charge in [0.1, 0.15) is 0 Å². The highest BCUT2D eigenvalue weighted by molar-refractivity contribution is 7.87. The Kier molecular flexibility index (Phi) is 15.9. The second-order valence-corrected chi connectivity index (χ2v) is 10.4. The monoisotopic (exact) mass is 450 g/mol. The lowest BCUT2D eigenvalue weighted by atomic mass is 10.0. The smallest absolute Gasteiger partial charge is 0.327 e. The molecule has 0 radical (unpaired) electrons. The summed E-state index contributed by atoms with van der Waals surface area (Å²) in [6.45, 7) is 8.91. The van der Waals surface area contributed by atoms with Crippen molar-refractivity contribution in [3.05, 3.63) is 0 Å². The quantitative estimate of drug-likeness (QED) is 0.179. The number of unbranched alkanes of at least 4 members (excludes halogenated alkanes) is 6. The van der Waals surface area contributed by atoms with Crippen LogP contribution in [0.3, 0.4) is 0 Å². The van der Waals surface area contributed by atoms with Gasteiger partial charge in [0.15, 0.2) is 5.25 Å². The molecule has 178 valence electrons. The number of ether oxygens (including phenoxy) is 2. The Hall–Kier alpha value is -1.15. The van der Waals surface area contributed by atoms with Gasteiger partial charge in [0, 0.05) is 0 Å². The molecule has 0 aliphatic heterocycles. The molecule has 0 bridgehead atoms. The zero-order valence-corrected chi connectivity index (χ0v) is 20.0. The number of hydrogen-bond acceptors (Lipinski definition) is 6. The second-order valence-electron chi connectivity index (χ2n) is 8.79. The van der Waals surface area contributed by atoms with Crippen LogP contribution >= 0.6 is 0 Å². The van der Waals surface area contributed by atoms with E-state index in [9.17, 15) is 22.6 Å². The third-order valence-corrected chi connectivity index (χ3v) is 5.91. The molecule has 0 amide bonds. The summed E-state index contributed by atoms with van der Waals surface area (Å²) < 4.78 is 42.3. The summed E-state index contributed by atoms with van der Waals surface area (Å²) in [5.41, 5.74) is 0. The van der Waals surface area contributed by atoms with Gasteiger partial charge in [-0.05, 0) is 24.7 Å². The van der Waals surface area contributed by atoms with E-state index < -0.39 is 33.7 Å². The largest absolute Gasteiger partial charge is 0.466 e. The fourth-order valence-electron chi connectivity index (χ4n) is 2.99. The zero-order chi connectivity index (χ0) is 23.0. The van der Waals surface area contributed by atoms with E-state index in [1.165, 1.54) is 0 Å². The summed E-state index contributed by atoms with van der Waals surface area (Å²) in [4.78, 5) is 23.9. The van der Waals surface area contributed by atoms with Crippen LogP contribution in [-0.2, 0) is 29.2 Å². The van der Waals surface area contributed by atoms with Crippen molar-refractivity contribution in [1.29, 1.82) is 0 Å². The molecule has 0 rings (SSSR count). The summed E-state index contributed by atoms with van der Waals surface area (Å²) in [5, 5.41) is -1.93. The summed E-state index contributed by atoms with van der Waals surface area (Å²) in [6, 6.07) is 0. The van der Waals surface area contributed by atoms with Crippen molar-refractivity contribution in [3.63, 3.8) is 0 Å². The highest BCUT2D eigenvalue weighted by Gasteiger charge is 2.35. The number of rotatable bonds is 18. The highest BCUT2D eigenvalue weighted by atomic mass is 32.2. The van der Waals surface area contributed by atoms with Crippen LogP contribution in [0.25, 0.3) is 0 Å². The van der Waals surface area contributed by atoms with Crippen molar-refractivity contribution < 1.29 is 32.0 Å². The Bertz CT molecular complexity index is 570. The minimum absolute atomic E-state index is 0.0674. The van der Waals surface area contributed by atoms with Crippen LogP contribution in [0.1, 0.15) is 98.3 Å². The van der Waals surface area contributed by atoms with E-state index in [0.29, 0.717) is 24.7 Å². The summed E-state index contributed by atoms with van der Waals surface area (Å²) in [6.07, 6.45) is 8.94. The van der Waals surface area contributed by atoms with Crippen molar-refractivity contribution in [1.82, 2.24) is 0 Å². The SMILES string of the molecule is CC(C)CCCCCCOC(=O)CC(C(=O)OCCCCCCC(C)C)S(=O)(=O)O.